The Morgan fingerprint density at radius 1 is 1.21 bits per heavy atom. The number of imide groups is 1. The molecule has 0 spiro atoms. The fourth-order valence-electron chi connectivity index (χ4n) is 2.32. The quantitative estimate of drug-likeness (QED) is 0.588. The van der Waals surface area contributed by atoms with Crippen LogP contribution in [0.25, 0.3) is 0 Å². The number of rotatable bonds is 7. The van der Waals surface area contributed by atoms with Crippen LogP contribution in [0.2, 0.25) is 10.0 Å². The van der Waals surface area contributed by atoms with Gasteiger partial charge < -0.3 is 10.1 Å². The van der Waals surface area contributed by atoms with E-state index in [1.807, 2.05) is 0 Å². The summed E-state index contributed by atoms with van der Waals surface area (Å²) in [4.78, 5) is 36.1. The van der Waals surface area contributed by atoms with Crippen molar-refractivity contribution < 1.29 is 19.1 Å². The molecule has 1 fully saturated rings. The Hall–Kier alpha value is -1.79. The standard InChI is InChI=1S/C16H18Cl2N2O4/c1-10(24-13-8-11(17)7-12(18)9-13)16(23)19-5-2-6-20-14(21)3-4-15(20)22/h7-10H,2-6H2,1H3,(H,19,23). The summed E-state index contributed by atoms with van der Waals surface area (Å²) in [5, 5.41) is 3.55. The van der Waals surface area contributed by atoms with Crippen LogP contribution in [0.3, 0.4) is 0 Å². The topological polar surface area (TPSA) is 75.7 Å². The molecule has 0 aliphatic carbocycles. The minimum absolute atomic E-state index is 0.152. The first-order valence-electron chi connectivity index (χ1n) is 7.60. The van der Waals surface area contributed by atoms with E-state index >= 15 is 0 Å². The number of nitrogens with zero attached hydrogens (tertiary/aromatic N) is 1. The largest absolute Gasteiger partial charge is 0.481 e. The predicted octanol–water partition coefficient (Wildman–Crippen LogP) is 2.42. The van der Waals surface area contributed by atoms with Crippen molar-refractivity contribution in [3.63, 3.8) is 0 Å². The van der Waals surface area contributed by atoms with Crippen LogP contribution in [0.1, 0.15) is 26.2 Å². The summed E-state index contributed by atoms with van der Waals surface area (Å²) in [5.74, 6) is -0.199. The van der Waals surface area contributed by atoms with Gasteiger partial charge in [0.25, 0.3) is 5.91 Å². The Morgan fingerprint density at radius 2 is 1.79 bits per heavy atom. The maximum Gasteiger partial charge on any atom is 0.260 e. The SMILES string of the molecule is CC(Oc1cc(Cl)cc(Cl)c1)C(=O)NCCCN1C(=O)CCC1=O. The lowest BCUT2D eigenvalue weighted by atomic mass is 10.3. The molecule has 0 saturated carbocycles. The molecule has 130 valence electrons. The molecule has 6 nitrogen and oxygen atoms in total. The molecule has 8 heteroatoms. The minimum atomic E-state index is -0.727. The molecule has 1 aromatic carbocycles. The Kier molecular flexibility index (Phi) is 6.45. The number of ether oxygens (including phenoxy) is 1. The van der Waals surface area contributed by atoms with Gasteiger partial charge in [-0.15, -0.1) is 0 Å². The van der Waals surface area contributed by atoms with E-state index in [0.717, 1.165) is 0 Å². The van der Waals surface area contributed by atoms with Crippen molar-refractivity contribution in [2.75, 3.05) is 13.1 Å². The van der Waals surface area contributed by atoms with Crippen molar-refractivity contribution in [3.8, 4) is 5.75 Å². The van der Waals surface area contributed by atoms with E-state index in [1.165, 1.54) is 4.90 Å². The van der Waals surface area contributed by atoms with E-state index in [0.29, 0.717) is 35.3 Å². The number of hydrogen-bond acceptors (Lipinski definition) is 4. The molecule has 1 aromatic rings. The molecule has 1 N–H and O–H groups in total. The zero-order valence-corrected chi connectivity index (χ0v) is 14.7. The van der Waals surface area contributed by atoms with E-state index in [9.17, 15) is 14.4 Å². The number of halogens is 2. The zero-order valence-electron chi connectivity index (χ0n) is 13.2. The lowest BCUT2D eigenvalue weighted by molar-refractivity contribution is -0.138. The molecule has 1 heterocycles. The Morgan fingerprint density at radius 3 is 2.38 bits per heavy atom. The minimum Gasteiger partial charge on any atom is -0.481 e. The molecule has 0 bridgehead atoms. The van der Waals surface area contributed by atoms with Crippen LogP contribution >= 0.6 is 23.2 Å². The van der Waals surface area contributed by atoms with Gasteiger partial charge in [0.05, 0.1) is 0 Å². The molecule has 24 heavy (non-hydrogen) atoms. The predicted molar refractivity (Wildman–Crippen MR) is 90.1 cm³/mol. The lowest BCUT2D eigenvalue weighted by Gasteiger charge is -2.16. The van der Waals surface area contributed by atoms with Crippen LogP contribution in [0.5, 0.6) is 5.75 Å². The van der Waals surface area contributed by atoms with Gasteiger partial charge in [-0.3, -0.25) is 19.3 Å². The second-order valence-corrected chi connectivity index (χ2v) is 6.32. The summed E-state index contributed by atoms with van der Waals surface area (Å²) in [6.45, 7) is 2.27. The van der Waals surface area contributed by atoms with Crippen LogP contribution in [-0.4, -0.2) is 41.8 Å². The maximum absolute atomic E-state index is 12.0. The number of hydrogen-bond donors (Lipinski definition) is 1. The third-order valence-electron chi connectivity index (χ3n) is 3.53. The van der Waals surface area contributed by atoms with Crippen LogP contribution in [0.4, 0.5) is 0 Å². The Bertz CT molecular complexity index is 615. The third kappa shape index (κ3) is 5.11. The highest BCUT2D eigenvalue weighted by molar-refractivity contribution is 6.34. The monoisotopic (exact) mass is 372 g/mol. The van der Waals surface area contributed by atoms with Gasteiger partial charge >= 0.3 is 0 Å². The molecule has 2 rings (SSSR count). The van der Waals surface area contributed by atoms with E-state index < -0.39 is 6.10 Å². The van der Waals surface area contributed by atoms with Gasteiger partial charge in [-0.2, -0.15) is 0 Å². The molecule has 1 aliphatic heterocycles. The Labute approximate surface area is 150 Å². The number of likely N-dealkylation sites (tertiary alicyclic amines) is 1. The highest BCUT2D eigenvalue weighted by Gasteiger charge is 2.28. The van der Waals surface area contributed by atoms with Crippen molar-refractivity contribution in [2.45, 2.75) is 32.3 Å². The summed E-state index contributed by atoms with van der Waals surface area (Å²) in [6.07, 6.45) is 0.324. The van der Waals surface area contributed by atoms with Crippen LogP contribution in [-0.2, 0) is 14.4 Å². The van der Waals surface area contributed by atoms with E-state index in [1.54, 1.807) is 25.1 Å². The summed E-state index contributed by atoms with van der Waals surface area (Å²) in [7, 11) is 0. The average molecular weight is 373 g/mol. The normalized spacial score (nSPS) is 15.5. The van der Waals surface area contributed by atoms with Gasteiger partial charge in [0.2, 0.25) is 11.8 Å². The highest BCUT2D eigenvalue weighted by atomic mass is 35.5. The first-order chi connectivity index (χ1) is 11.4. The van der Waals surface area contributed by atoms with Crippen molar-refractivity contribution >= 4 is 40.9 Å². The molecule has 1 atom stereocenters. The molecule has 1 unspecified atom stereocenters. The molecule has 1 saturated heterocycles. The fraction of sp³-hybridized carbons (Fsp3) is 0.438. The second-order valence-electron chi connectivity index (χ2n) is 5.45. The molecule has 1 aliphatic rings. The van der Waals surface area contributed by atoms with Gasteiger partial charge in [0.1, 0.15) is 5.75 Å². The van der Waals surface area contributed by atoms with Crippen LogP contribution in [0, 0.1) is 0 Å². The van der Waals surface area contributed by atoms with Gasteiger partial charge in [0, 0.05) is 36.0 Å². The molecule has 0 aromatic heterocycles. The lowest BCUT2D eigenvalue weighted by Crippen LogP contribution is -2.38. The first-order valence-corrected chi connectivity index (χ1v) is 8.36. The van der Waals surface area contributed by atoms with Crippen molar-refractivity contribution in [1.29, 1.82) is 0 Å². The number of carbonyl (C=O) groups excluding carboxylic acids is 3. The number of nitrogens with one attached hydrogen (secondary N) is 1. The zero-order chi connectivity index (χ0) is 17.7. The molecule has 3 amide bonds. The van der Waals surface area contributed by atoms with E-state index in [4.69, 9.17) is 27.9 Å². The summed E-state index contributed by atoms with van der Waals surface area (Å²) < 4.78 is 5.50. The van der Waals surface area contributed by atoms with Crippen LogP contribution in [0.15, 0.2) is 18.2 Å². The summed E-state index contributed by atoms with van der Waals surface area (Å²) in [5.41, 5.74) is 0. The maximum atomic E-state index is 12.0. The van der Waals surface area contributed by atoms with E-state index in [-0.39, 0.29) is 30.6 Å². The number of carbonyl (C=O) groups is 3. The van der Waals surface area contributed by atoms with Gasteiger partial charge in [0.15, 0.2) is 6.10 Å². The van der Waals surface area contributed by atoms with Crippen molar-refractivity contribution in [3.05, 3.63) is 28.2 Å². The molecule has 0 radical (unpaired) electrons. The van der Waals surface area contributed by atoms with Crippen molar-refractivity contribution in [1.82, 2.24) is 10.2 Å². The van der Waals surface area contributed by atoms with Crippen molar-refractivity contribution in [2.24, 2.45) is 0 Å². The van der Waals surface area contributed by atoms with Gasteiger partial charge in [-0.1, -0.05) is 23.2 Å². The van der Waals surface area contributed by atoms with Gasteiger partial charge in [-0.05, 0) is 31.5 Å². The van der Waals surface area contributed by atoms with Gasteiger partial charge in [-0.25, -0.2) is 0 Å². The highest BCUT2D eigenvalue weighted by Crippen LogP contribution is 2.24. The van der Waals surface area contributed by atoms with E-state index in [2.05, 4.69) is 5.32 Å². The fourth-order valence-corrected chi connectivity index (χ4v) is 2.82. The average Bonchev–Trinajstić information content (AvgIpc) is 2.81. The molecular formula is C16H18Cl2N2O4. The summed E-state index contributed by atoms with van der Waals surface area (Å²) >= 11 is 11.8. The smallest absolute Gasteiger partial charge is 0.260 e. The number of amides is 3. The third-order valence-corrected chi connectivity index (χ3v) is 3.97. The number of benzene rings is 1. The first kappa shape index (κ1) is 18.5. The van der Waals surface area contributed by atoms with Crippen LogP contribution < -0.4 is 10.1 Å². The Balaban J connectivity index is 1.73. The summed E-state index contributed by atoms with van der Waals surface area (Å²) in [6, 6.07) is 4.71. The second kappa shape index (κ2) is 8.35. The molecular weight excluding hydrogens is 355 g/mol.